The summed E-state index contributed by atoms with van der Waals surface area (Å²) < 4.78 is 10.5. The third-order valence-corrected chi connectivity index (χ3v) is 4.61. The Labute approximate surface area is 154 Å². The van der Waals surface area contributed by atoms with Crippen molar-refractivity contribution in [3.8, 4) is 17.6 Å². The molecule has 0 bridgehead atoms. The third kappa shape index (κ3) is 3.43. The van der Waals surface area contributed by atoms with Gasteiger partial charge in [-0.1, -0.05) is 0 Å². The second kappa shape index (κ2) is 7.37. The molecule has 26 heavy (non-hydrogen) atoms. The number of allylic oxidation sites excluding steroid dienone is 1. The summed E-state index contributed by atoms with van der Waals surface area (Å²) in [4.78, 5) is 30.1. The molecule has 0 unspecified atom stereocenters. The van der Waals surface area contributed by atoms with E-state index in [0.29, 0.717) is 34.4 Å². The lowest BCUT2D eigenvalue weighted by molar-refractivity contribution is -0.116. The highest BCUT2D eigenvalue weighted by atomic mass is 32.1. The molecule has 0 aliphatic carbocycles. The van der Waals surface area contributed by atoms with E-state index >= 15 is 0 Å². The minimum Gasteiger partial charge on any atom is -0.454 e. The zero-order chi connectivity index (χ0) is 18.7. The number of nitriles is 1. The van der Waals surface area contributed by atoms with E-state index in [1.54, 1.807) is 23.6 Å². The number of nitrogens with zero attached hydrogens (tertiary/aromatic N) is 3. The number of anilines is 1. The molecule has 7 nitrogen and oxygen atoms in total. The van der Waals surface area contributed by atoms with Gasteiger partial charge in [0.2, 0.25) is 18.5 Å². The van der Waals surface area contributed by atoms with Crippen LogP contribution in [0.2, 0.25) is 0 Å². The van der Waals surface area contributed by atoms with E-state index in [1.165, 1.54) is 29.2 Å². The Kier molecular flexibility index (Phi) is 5.00. The van der Waals surface area contributed by atoms with E-state index < -0.39 is 5.78 Å². The molecule has 0 saturated carbocycles. The zero-order valence-electron chi connectivity index (χ0n) is 14.2. The van der Waals surface area contributed by atoms with Crippen molar-refractivity contribution in [1.29, 1.82) is 5.26 Å². The summed E-state index contributed by atoms with van der Waals surface area (Å²) in [6.45, 7) is 3.92. The Balaban J connectivity index is 1.87. The highest BCUT2D eigenvalue weighted by molar-refractivity contribution is 7.14. The standard InChI is InChI=1S/C18H15N3O4S/c1-3-21(11(2)22)18-20-14(9-26-18)6-13(8-19)17(23)12-4-5-15-16(7-12)25-10-24-15/h4-7,9H,3,10H2,1-2H3/b13-6-. The van der Waals surface area contributed by atoms with Crippen LogP contribution < -0.4 is 14.4 Å². The largest absolute Gasteiger partial charge is 0.454 e. The van der Waals surface area contributed by atoms with E-state index in [-0.39, 0.29) is 18.3 Å². The summed E-state index contributed by atoms with van der Waals surface area (Å²) in [5.74, 6) is 0.495. The summed E-state index contributed by atoms with van der Waals surface area (Å²) in [7, 11) is 0. The van der Waals surface area contributed by atoms with Gasteiger partial charge in [0.1, 0.15) is 11.6 Å². The number of amides is 1. The molecule has 0 atom stereocenters. The molecule has 0 fully saturated rings. The van der Waals surface area contributed by atoms with Crippen LogP contribution in [-0.4, -0.2) is 30.0 Å². The molecule has 2 heterocycles. The average Bonchev–Trinajstić information content (AvgIpc) is 3.28. The maximum atomic E-state index is 12.6. The predicted octanol–water partition coefficient (Wildman–Crippen LogP) is 3.03. The highest BCUT2D eigenvalue weighted by Crippen LogP contribution is 2.33. The molecule has 1 aromatic heterocycles. The number of carbonyl (C=O) groups excluding carboxylic acids is 2. The number of hydrogen-bond acceptors (Lipinski definition) is 7. The van der Waals surface area contributed by atoms with Crippen LogP contribution in [0.5, 0.6) is 11.5 Å². The Bertz CT molecular complexity index is 942. The van der Waals surface area contributed by atoms with Gasteiger partial charge in [0.15, 0.2) is 16.6 Å². The van der Waals surface area contributed by atoms with Crippen molar-refractivity contribution >= 4 is 34.2 Å². The van der Waals surface area contributed by atoms with Gasteiger partial charge in [0.05, 0.1) is 5.69 Å². The van der Waals surface area contributed by atoms with Crippen molar-refractivity contribution in [2.24, 2.45) is 0 Å². The first-order valence-electron chi connectivity index (χ1n) is 7.83. The topological polar surface area (TPSA) is 92.5 Å². The maximum Gasteiger partial charge on any atom is 0.231 e. The number of fused-ring (bicyclic) bond motifs is 1. The fraction of sp³-hybridized carbons (Fsp3) is 0.222. The van der Waals surface area contributed by atoms with Crippen molar-refractivity contribution in [2.75, 3.05) is 18.2 Å². The van der Waals surface area contributed by atoms with E-state index in [2.05, 4.69) is 4.98 Å². The van der Waals surface area contributed by atoms with Crippen LogP contribution in [0.4, 0.5) is 5.13 Å². The number of benzene rings is 1. The number of ether oxygens (including phenoxy) is 2. The smallest absolute Gasteiger partial charge is 0.231 e. The first-order valence-corrected chi connectivity index (χ1v) is 8.71. The van der Waals surface area contributed by atoms with Crippen molar-refractivity contribution in [1.82, 2.24) is 4.98 Å². The van der Waals surface area contributed by atoms with Crippen LogP contribution in [0.3, 0.4) is 0 Å². The molecule has 1 aromatic carbocycles. The summed E-state index contributed by atoms with van der Waals surface area (Å²) in [5.41, 5.74) is 0.735. The van der Waals surface area contributed by atoms with E-state index in [4.69, 9.17) is 9.47 Å². The van der Waals surface area contributed by atoms with Gasteiger partial charge in [-0.3, -0.25) is 14.5 Å². The van der Waals surface area contributed by atoms with Crippen molar-refractivity contribution < 1.29 is 19.1 Å². The van der Waals surface area contributed by atoms with Crippen molar-refractivity contribution in [3.05, 3.63) is 40.4 Å². The Morgan fingerprint density at radius 3 is 2.85 bits per heavy atom. The molecule has 1 amide bonds. The number of carbonyl (C=O) groups is 2. The molecular formula is C18H15N3O4S. The van der Waals surface area contributed by atoms with Gasteiger partial charge in [0.25, 0.3) is 0 Å². The Hall–Kier alpha value is -3.18. The van der Waals surface area contributed by atoms with E-state index in [1.807, 2.05) is 13.0 Å². The molecule has 1 aliphatic heterocycles. The first kappa shape index (κ1) is 17.6. The van der Waals surface area contributed by atoms with Gasteiger partial charge in [-0.05, 0) is 31.2 Å². The van der Waals surface area contributed by atoms with Crippen LogP contribution in [-0.2, 0) is 4.79 Å². The molecule has 0 radical (unpaired) electrons. The molecule has 2 aromatic rings. The minimum absolute atomic E-state index is 0.0495. The number of rotatable bonds is 5. The van der Waals surface area contributed by atoms with Gasteiger partial charge in [-0.2, -0.15) is 5.26 Å². The van der Waals surface area contributed by atoms with Crippen molar-refractivity contribution in [2.45, 2.75) is 13.8 Å². The number of ketones is 1. The maximum absolute atomic E-state index is 12.6. The van der Waals surface area contributed by atoms with Crippen molar-refractivity contribution in [3.63, 3.8) is 0 Å². The molecule has 8 heteroatoms. The normalized spacial score (nSPS) is 12.6. The second-order valence-corrected chi connectivity index (χ2v) is 6.22. The minimum atomic E-state index is -0.431. The molecule has 132 valence electrons. The fourth-order valence-electron chi connectivity index (χ4n) is 2.45. The SMILES string of the molecule is CCN(C(C)=O)c1nc(/C=C(/C#N)C(=O)c2ccc3c(c2)OCO3)cs1. The van der Waals surface area contributed by atoms with Gasteiger partial charge in [0, 0.05) is 24.4 Å². The Morgan fingerprint density at radius 1 is 1.38 bits per heavy atom. The molecule has 1 aliphatic rings. The van der Waals surface area contributed by atoms with E-state index in [0.717, 1.165) is 0 Å². The predicted molar refractivity (Wildman–Crippen MR) is 96.3 cm³/mol. The average molecular weight is 369 g/mol. The first-order chi connectivity index (χ1) is 12.5. The van der Waals surface area contributed by atoms with Gasteiger partial charge >= 0.3 is 0 Å². The fourth-order valence-corrected chi connectivity index (χ4v) is 3.34. The van der Waals surface area contributed by atoms with Gasteiger partial charge in [-0.15, -0.1) is 11.3 Å². The third-order valence-electron chi connectivity index (χ3n) is 3.73. The van der Waals surface area contributed by atoms with Gasteiger partial charge in [-0.25, -0.2) is 4.98 Å². The second-order valence-electron chi connectivity index (χ2n) is 5.39. The van der Waals surface area contributed by atoms with Crippen LogP contribution in [0.25, 0.3) is 6.08 Å². The van der Waals surface area contributed by atoms with Crippen LogP contribution in [0.1, 0.15) is 29.9 Å². The lowest BCUT2D eigenvalue weighted by atomic mass is 10.0. The van der Waals surface area contributed by atoms with Gasteiger partial charge < -0.3 is 9.47 Å². The molecule has 0 N–H and O–H groups in total. The van der Waals surface area contributed by atoms with Crippen LogP contribution in [0, 0.1) is 11.3 Å². The van der Waals surface area contributed by atoms with Crippen LogP contribution in [0.15, 0.2) is 29.2 Å². The summed E-state index contributed by atoms with van der Waals surface area (Å²) in [6.07, 6.45) is 1.42. The quantitative estimate of drug-likeness (QED) is 0.457. The number of thiazole rings is 1. The number of hydrogen-bond donors (Lipinski definition) is 0. The molecule has 0 spiro atoms. The molecular weight excluding hydrogens is 354 g/mol. The monoisotopic (exact) mass is 369 g/mol. The van der Waals surface area contributed by atoms with Crippen LogP contribution >= 0.6 is 11.3 Å². The molecule has 0 saturated heterocycles. The summed E-state index contributed by atoms with van der Waals surface area (Å²) in [5, 5.41) is 11.6. The zero-order valence-corrected chi connectivity index (χ0v) is 15.0. The lowest BCUT2D eigenvalue weighted by Crippen LogP contribution is -2.27. The number of aromatic nitrogens is 1. The van der Waals surface area contributed by atoms with E-state index in [9.17, 15) is 14.9 Å². The number of Topliss-reactive ketones (excluding diaryl/α,β-unsaturated/α-hetero) is 1. The molecule has 3 rings (SSSR count). The highest BCUT2D eigenvalue weighted by Gasteiger charge is 2.19. The Morgan fingerprint density at radius 2 is 2.15 bits per heavy atom. The summed E-state index contributed by atoms with van der Waals surface area (Å²) >= 11 is 1.28. The summed E-state index contributed by atoms with van der Waals surface area (Å²) in [6, 6.07) is 6.69. The lowest BCUT2D eigenvalue weighted by Gasteiger charge is -2.14.